The van der Waals surface area contributed by atoms with Crippen molar-refractivity contribution in [3.8, 4) is 5.75 Å². The Labute approximate surface area is 218 Å². The van der Waals surface area contributed by atoms with E-state index in [1.807, 2.05) is 43.3 Å². The molecule has 0 radical (unpaired) electrons. The van der Waals surface area contributed by atoms with Crippen LogP contribution in [-0.4, -0.2) is 34.7 Å². The lowest BCUT2D eigenvalue weighted by Gasteiger charge is -2.13. The fraction of sp³-hybridized carbons (Fsp3) is 0.261. The Hall–Kier alpha value is -1.60. The molecule has 2 aromatic carbocycles. The number of halogens is 2. The standard InChI is InChI=1S/C23H21I2NO5S/c1-13(2)31-20(27)11-26-22(28)19(32-23(26)29)10-16-8-17(24)21(18(25)9-16)30-12-15-6-4-14(3)5-7-15/h4-10,13H,11-12H2,1-3H3/b19-10+. The van der Waals surface area contributed by atoms with E-state index in [1.165, 1.54) is 5.56 Å². The van der Waals surface area contributed by atoms with Crippen LogP contribution in [0.2, 0.25) is 0 Å². The van der Waals surface area contributed by atoms with E-state index in [2.05, 4.69) is 45.2 Å². The first-order chi connectivity index (χ1) is 15.1. The highest BCUT2D eigenvalue weighted by Gasteiger charge is 2.36. The summed E-state index contributed by atoms with van der Waals surface area (Å²) in [7, 11) is 0. The molecule has 3 rings (SSSR count). The molecule has 1 saturated heterocycles. The van der Waals surface area contributed by atoms with Gasteiger partial charge in [0, 0.05) is 0 Å². The molecule has 0 bridgehead atoms. The summed E-state index contributed by atoms with van der Waals surface area (Å²) >= 11 is 5.21. The monoisotopic (exact) mass is 677 g/mol. The van der Waals surface area contributed by atoms with E-state index >= 15 is 0 Å². The van der Waals surface area contributed by atoms with Gasteiger partial charge in [-0.15, -0.1) is 0 Å². The molecular weight excluding hydrogens is 656 g/mol. The lowest BCUT2D eigenvalue weighted by Crippen LogP contribution is -2.35. The molecule has 168 valence electrons. The smallest absolute Gasteiger partial charge is 0.326 e. The molecule has 9 heteroatoms. The first-order valence-electron chi connectivity index (χ1n) is 9.76. The van der Waals surface area contributed by atoms with Gasteiger partial charge in [-0.3, -0.25) is 19.3 Å². The van der Waals surface area contributed by atoms with E-state index in [1.54, 1.807) is 19.9 Å². The minimum Gasteiger partial charge on any atom is -0.487 e. The third kappa shape index (κ3) is 6.47. The quantitative estimate of drug-likeness (QED) is 0.211. The van der Waals surface area contributed by atoms with Crippen molar-refractivity contribution in [3.63, 3.8) is 0 Å². The molecular formula is C23H21I2NO5S. The number of ether oxygens (including phenoxy) is 2. The van der Waals surface area contributed by atoms with Gasteiger partial charge in [-0.2, -0.15) is 0 Å². The lowest BCUT2D eigenvalue weighted by atomic mass is 10.1. The normalized spacial score (nSPS) is 15.1. The van der Waals surface area contributed by atoms with Crippen molar-refractivity contribution in [2.24, 2.45) is 0 Å². The highest BCUT2D eigenvalue weighted by atomic mass is 127. The van der Waals surface area contributed by atoms with E-state index in [-0.39, 0.29) is 17.6 Å². The summed E-state index contributed by atoms with van der Waals surface area (Å²) in [6.07, 6.45) is 1.35. The molecule has 2 aromatic rings. The molecule has 1 aliphatic rings. The molecule has 0 unspecified atom stereocenters. The van der Waals surface area contributed by atoms with Gasteiger partial charge >= 0.3 is 5.97 Å². The molecule has 32 heavy (non-hydrogen) atoms. The van der Waals surface area contributed by atoms with Crippen molar-refractivity contribution in [2.75, 3.05) is 6.54 Å². The van der Waals surface area contributed by atoms with E-state index in [4.69, 9.17) is 9.47 Å². The zero-order chi connectivity index (χ0) is 23.4. The SMILES string of the molecule is Cc1ccc(COc2c(I)cc(/C=C3/SC(=O)N(CC(=O)OC(C)C)C3=O)cc2I)cc1. The molecule has 6 nitrogen and oxygen atoms in total. The molecule has 0 saturated carbocycles. The first kappa shape index (κ1) is 25.0. The van der Waals surface area contributed by atoms with E-state index < -0.39 is 17.1 Å². The number of rotatable bonds is 7. The third-order valence-electron chi connectivity index (χ3n) is 4.35. The van der Waals surface area contributed by atoms with E-state index in [0.717, 1.165) is 40.7 Å². The average molecular weight is 677 g/mol. The van der Waals surface area contributed by atoms with Gasteiger partial charge < -0.3 is 9.47 Å². The first-order valence-corrected chi connectivity index (χ1v) is 12.7. The number of esters is 1. The maximum Gasteiger partial charge on any atom is 0.326 e. The Morgan fingerprint density at radius 3 is 2.34 bits per heavy atom. The largest absolute Gasteiger partial charge is 0.487 e. The highest BCUT2D eigenvalue weighted by Crippen LogP contribution is 2.35. The summed E-state index contributed by atoms with van der Waals surface area (Å²) in [6.45, 7) is 5.53. The molecule has 0 aromatic heterocycles. The number of benzene rings is 2. The number of thioether (sulfide) groups is 1. The van der Waals surface area contributed by atoms with Crippen molar-refractivity contribution in [3.05, 3.63) is 65.1 Å². The van der Waals surface area contributed by atoms with Crippen molar-refractivity contribution >= 4 is 80.1 Å². The van der Waals surface area contributed by atoms with Crippen molar-refractivity contribution in [1.82, 2.24) is 4.90 Å². The number of nitrogens with zero attached hydrogens (tertiary/aromatic N) is 1. The Kier molecular flexibility index (Phi) is 8.62. The fourth-order valence-corrected chi connectivity index (χ4v) is 5.82. The molecule has 2 amide bonds. The van der Waals surface area contributed by atoms with Gasteiger partial charge in [0.15, 0.2) is 0 Å². The van der Waals surface area contributed by atoms with Crippen LogP contribution >= 0.6 is 56.9 Å². The molecule has 1 aliphatic heterocycles. The van der Waals surface area contributed by atoms with Crippen LogP contribution in [0.4, 0.5) is 4.79 Å². The van der Waals surface area contributed by atoms with Crippen LogP contribution in [0.3, 0.4) is 0 Å². The van der Waals surface area contributed by atoms with Crippen LogP contribution in [0, 0.1) is 14.1 Å². The number of amides is 2. The fourth-order valence-electron chi connectivity index (χ4n) is 2.86. The van der Waals surface area contributed by atoms with Crippen LogP contribution in [0.1, 0.15) is 30.5 Å². The van der Waals surface area contributed by atoms with Gasteiger partial charge in [0.1, 0.15) is 18.9 Å². The molecule has 0 spiro atoms. The average Bonchev–Trinajstić information content (AvgIpc) is 2.95. The maximum absolute atomic E-state index is 12.6. The number of imide groups is 1. The third-order valence-corrected chi connectivity index (χ3v) is 6.86. The second-order valence-corrected chi connectivity index (χ2v) is 10.7. The lowest BCUT2D eigenvalue weighted by molar-refractivity contribution is -0.149. The molecule has 1 heterocycles. The molecule has 0 aliphatic carbocycles. The summed E-state index contributed by atoms with van der Waals surface area (Å²) in [5, 5.41) is -0.482. The minimum absolute atomic E-state index is 0.271. The van der Waals surface area contributed by atoms with Gasteiger partial charge in [-0.05, 0) is 107 Å². The Bertz CT molecular complexity index is 1060. The van der Waals surface area contributed by atoms with Crippen LogP contribution < -0.4 is 4.74 Å². The number of hydrogen-bond acceptors (Lipinski definition) is 6. The Morgan fingerprint density at radius 2 is 1.75 bits per heavy atom. The molecule has 1 fully saturated rings. The Balaban J connectivity index is 1.73. The van der Waals surface area contributed by atoms with Gasteiger partial charge in [0.2, 0.25) is 0 Å². The van der Waals surface area contributed by atoms with E-state index in [0.29, 0.717) is 6.61 Å². The predicted octanol–water partition coefficient (Wildman–Crippen LogP) is 5.77. The van der Waals surface area contributed by atoms with Crippen LogP contribution in [0.25, 0.3) is 6.08 Å². The summed E-state index contributed by atoms with van der Waals surface area (Å²) in [5.41, 5.74) is 3.05. The van der Waals surface area contributed by atoms with E-state index in [9.17, 15) is 14.4 Å². The Morgan fingerprint density at radius 1 is 1.12 bits per heavy atom. The van der Waals surface area contributed by atoms with Gasteiger partial charge in [-0.1, -0.05) is 29.8 Å². The van der Waals surface area contributed by atoms with Crippen LogP contribution in [0.15, 0.2) is 41.3 Å². The summed E-state index contributed by atoms with van der Waals surface area (Å²) < 4.78 is 12.9. The minimum atomic E-state index is -0.609. The zero-order valence-electron chi connectivity index (χ0n) is 17.7. The van der Waals surface area contributed by atoms with Gasteiger partial charge in [0.25, 0.3) is 11.1 Å². The van der Waals surface area contributed by atoms with Gasteiger partial charge in [0.05, 0.1) is 18.1 Å². The molecule has 0 N–H and O–H groups in total. The van der Waals surface area contributed by atoms with Crippen molar-refractivity contribution in [1.29, 1.82) is 0 Å². The number of hydrogen-bond donors (Lipinski definition) is 0. The van der Waals surface area contributed by atoms with Crippen molar-refractivity contribution in [2.45, 2.75) is 33.5 Å². The number of aryl methyl sites for hydroxylation is 1. The number of carbonyl (C=O) groups excluding carboxylic acids is 3. The topological polar surface area (TPSA) is 72.9 Å². The number of carbonyl (C=O) groups is 3. The summed E-state index contributed by atoms with van der Waals surface area (Å²) in [6, 6.07) is 12.0. The second kappa shape index (κ2) is 11.0. The van der Waals surface area contributed by atoms with Gasteiger partial charge in [-0.25, -0.2) is 0 Å². The summed E-state index contributed by atoms with van der Waals surface area (Å²) in [5.74, 6) is -0.332. The summed E-state index contributed by atoms with van der Waals surface area (Å²) in [4.78, 5) is 37.9. The maximum atomic E-state index is 12.6. The highest BCUT2D eigenvalue weighted by molar-refractivity contribution is 14.1. The predicted molar refractivity (Wildman–Crippen MR) is 141 cm³/mol. The van der Waals surface area contributed by atoms with Crippen molar-refractivity contribution < 1.29 is 23.9 Å². The zero-order valence-corrected chi connectivity index (χ0v) is 22.8. The van der Waals surface area contributed by atoms with Crippen LogP contribution in [0.5, 0.6) is 5.75 Å². The van der Waals surface area contributed by atoms with Crippen LogP contribution in [-0.2, 0) is 20.9 Å². The molecule has 0 atom stereocenters. The second-order valence-electron chi connectivity index (χ2n) is 7.39.